The van der Waals surface area contributed by atoms with Gasteiger partial charge in [-0.25, -0.2) is 14.4 Å². The van der Waals surface area contributed by atoms with Gasteiger partial charge in [-0.05, 0) is 61.2 Å². The third kappa shape index (κ3) is 3.91. The maximum atomic E-state index is 15.0. The molecule has 0 amide bonds. The number of fused-ring (bicyclic) bond motifs is 1. The lowest BCUT2D eigenvalue weighted by Gasteiger charge is -2.21. The normalized spacial score (nSPS) is 13.0. The molecule has 0 saturated carbocycles. The molecule has 0 radical (unpaired) electrons. The van der Waals surface area contributed by atoms with Gasteiger partial charge in [-0.2, -0.15) is 0 Å². The molecule has 0 unspecified atom stereocenters. The lowest BCUT2D eigenvalue weighted by Crippen LogP contribution is -2.19. The molecule has 31 heavy (non-hydrogen) atoms. The summed E-state index contributed by atoms with van der Waals surface area (Å²) in [6.45, 7) is 7.60. The predicted octanol–water partition coefficient (Wildman–Crippen LogP) is 6.25. The molecule has 0 fully saturated rings. The zero-order chi connectivity index (χ0) is 21.5. The number of nitrogens with zero attached hydrogens (tertiary/aromatic N) is 3. The van der Waals surface area contributed by atoms with E-state index in [2.05, 4.69) is 51.2 Å². The summed E-state index contributed by atoms with van der Waals surface area (Å²) in [5, 5.41) is 3.14. The summed E-state index contributed by atoms with van der Waals surface area (Å²) in [6, 6.07) is 11.6. The maximum Gasteiger partial charge on any atom is 0.141 e. The molecular weight excluding hydrogens is 407 g/mol. The van der Waals surface area contributed by atoms with E-state index in [4.69, 9.17) is 0 Å². The number of aromatic nitrogens is 3. The van der Waals surface area contributed by atoms with Crippen LogP contribution < -0.4 is 0 Å². The van der Waals surface area contributed by atoms with Crippen LogP contribution in [-0.4, -0.2) is 19.9 Å². The fourth-order valence-corrected chi connectivity index (χ4v) is 4.60. The average molecular weight is 431 g/mol. The highest BCUT2D eigenvalue weighted by molar-refractivity contribution is 7.09. The fourth-order valence-electron chi connectivity index (χ4n) is 3.81. The van der Waals surface area contributed by atoms with Crippen LogP contribution in [0, 0.1) is 26.6 Å². The van der Waals surface area contributed by atoms with E-state index in [1.807, 2.05) is 37.4 Å². The highest BCUT2D eigenvalue weighted by atomic mass is 32.1. The van der Waals surface area contributed by atoms with Gasteiger partial charge in [-0.3, -0.25) is 0 Å². The summed E-state index contributed by atoms with van der Waals surface area (Å²) in [7, 11) is 0. The monoisotopic (exact) mass is 430 g/mol. The number of benzene rings is 2. The lowest BCUT2D eigenvalue weighted by atomic mass is 9.99. The van der Waals surface area contributed by atoms with Gasteiger partial charge < -0.3 is 9.88 Å². The van der Waals surface area contributed by atoms with E-state index in [-0.39, 0.29) is 5.82 Å². The third-order valence-electron chi connectivity index (χ3n) is 5.68. The van der Waals surface area contributed by atoms with Crippen LogP contribution in [-0.2, 0) is 13.1 Å². The minimum atomic E-state index is -0.277. The summed E-state index contributed by atoms with van der Waals surface area (Å²) in [5.74, 6) is 0.284. The number of nitrogens with one attached hydrogen (secondary N) is 1. The van der Waals surface area contributed by atoms with Crippen molar-refractivity contribution in [2.45, 2.75) is 33.9 Å². The van der Waals surface area contributed by atoms with Crippen LogP contribution in [0.15, 0.2) is 48.0 Å². The van der Waals surface area contributed by atoms with Crippen molar-refractivity contribution in [2.24, 2.45) is 0 Å². The van der Waals surface area contributed by atoms with Crippen LogP contribution in [0.5, 0.6) is 0 Å². The van der Waals surface area contributed by atoms with Crippen molar-refractivity contribution in [1.29, 1.82) is 0 Å². The van der Waals surface area contributed by atoms with E-state index >= 15 is 4.39 Å². The Balaban J connectivity index is 1.38. The van der Waals surface area contributed by atoms with Crippen molar-refractivity contribution in [3.8, 4) is 22.5 Å². The van der Waals surface area contributed by atoms with Crippen LogP contribution >= 0.6 is 11.3 Å². The molecule has 0 spiro atoms. The average Bonchev–Trinajstić information content (AvgIpc) is 3.35. The highest BCUT2D eigenvalue weighted by Crippen LogP contribution is 2.30. The van der Waals surface area contributed by atoms with Gasteiger partial charge in [0.15, 0.2) is 0 Å². The number of imidazole rings is 1. The van der Waals surface area contributed by atoms with Gasteiger partial charge >= 0.3 is 0 Å². The minimum absolute atomic E-state index is 0.277. The number of rotatable bonds is 4. The molecular formula is C25H23FN4S. The maximum absolute atomic E-state index is 15.0. The minimum Gasteiger partial charge on any atom is -0.365 e. The first-order chi connectivity index (χ1) is 15.0. The number of halogens is 1. The molecule has 3 heterocycles. The van der Waals surface area contributed by atoms with Gasteiger partial charge in [0, 0.05) is 17.3 Å². The zero-order valence-electron chi connectivity index (χ0n) is 17.7. The van der Waals surface area contributed by atoms with Crippen molar-refractivity contribution in [3.05, 3.63) is 87.0 Å². The number of H-pyrrole nitrogens is 1. The summed E-state index contributed by atoms with van der Waals surface area (Å²) < 4.78 is 15.0. The number of thiazole rings is 1. The highest BCUT2D eigenvalue weighted by Gasteiger charge is 2.19. The Morgan fingerprint density at radius 2 is 1.84 bits per heavy atom. The second-order valence-corrected chi connectivity index (χ2v) is 8.99. The standard InChI is InChI=1S/C25H23FN4S/c1-15-4-5-18(10-16(15)2)19-6-7-20(21(26)11-19)25-28-22-8-9-30(12-23(22)29-25)13-24-27-17(3)14-31-24/h4-11,14H,12-13H2,1-3H3,(H,28,29). The molecule has 4 nitrogen and oxygen atoms in total. The van der Waals surface area contributed by atoms with E-state index in [0.29, 0.717) is 17.9 Å². The zero-order valence-corrected chi connectivity index (χ0v) is 18.6. The molecule has 0 bridgehead atoms. The molecule has 4 aromatic rings. The number of hydrogen-bond acceptors (Lipinski definition) is 4. The molecule has 1 aliphatic rings. The molecule has 5 rings (SSSR count). The Morgan fingerprint density at radius 3 is 2.58 bits per heavy atom. The molecule has 0 saturated heterocycles. The SMILES string of the molecule is Cc1csc(CN2C=Cc3nc(-c4ccc(-c5ccc(C)c(C)c5)cc4F)[nH]c3C2)n1. The van der Waals surface area contributed by atoms with Crippen LogP contribution in [0.25, 0.3) is 28.6 Å². The Morgan fingerprint density at radius 1 is 1.03 bits per heavy atom. The largest absolute Gasteiger partial charge is 0.365 e. The van der Waals surface area contributed by atoms with Gasteiger partial charge in [0.2, 0.25) is 0 Å². The van der Waals surface area contributed by atoms with Gasteiger partial charge in [0.1, 0.15) is 16.6 Å². The molecule has 2 aromatic heterocycles. The van der Waals surface area contributed by atoms with Gasteiger partial charge in [-0.15, -0.1) is 11.3 Å². The van der Waals surface area contributed by atoms with Crippen LogP contribution in [0.1, 0.15) is 33.2 Å². The first-order valence-corrected chi connectivity index (χ1v) is 11.1. The van der Waals surface area contributed by atoms with E-state index in [1.165, 1.54) is 11.1 Å². The number of aromatic amines is 1. The topological polar surface area (TPSA) is 44.8 Å². The van der Waals surface area contributed by atoms with E-state index < -0.39 is 0 Å². The Hall–Kier alpha value is -3.25. The smallest absolute Gasteiger partial charge is 0.141 e. The molecule has 0 aliphatic carbocycles. The van der Waals surface area contributed by atoms with Crippen molar-refractivity contribution in [1.82, 2.24) is 19.9 Å². The summed E-state index contributed by atoms with van der Waals surface area (Å²) in [6.07, 6.45) is 4.00. The molecule has 1 aliphatic heterocycles. The van der Waals surface area contributed by atoms with E-state index in [9.17, 15) is 0 Å². The summed E-state index contributed by atoms with van der Waals surface area (Å²) in [5.41, 5.74) is 7.69. The van der Waals surface area contributed by atoms with Crippen LogP contribution in [0.3, 0.4) is 0 Å². The number of aryl methyl sites for hydroxylation is 3. The lowest BCUT2D eigenvalue weighted by molar-refractivity contribution is 0.354. The van der Waals surface area contributed by atoms with Crippen molar-refractivity contribution < 1.29 is 4.39 Å². The van der Waals surface area contributed by atoms with E-state index in [1.54, 1.807) is 17.4 Å². The van der Waals surface area contributed by atoms with Crippen molar-refractivity contribution in [3.63, 3.8) is 0 Å². The third-order valence-corrected chi connectivity index (χ3v) is 6.64. The predicted molar refractivity (Wildman–Crippen MR) is 124 cm³/mol. The van der Waals surface area contributed by atoms with Crippen LogP contribution in [0.4, 0.5) is 4.39 Å². The first-order valence-electron chi connectivity index (χ1n) is 10.3. The Labute approximate surface area is 185 Å². The second kappa shape index (κ2) is 7.78. The fraction of sp³-hybridized carbons (Fsp3) is 0.200. The Bertz CT molecular complexity index is 1300. The van der Waals surface area contributed by atoms with Crippen LogP contribution in [0.2, 0.25) is 0 Å². The first kappa shape index (κ1) is 19.7. The molecule has 0 atom stereocenters. The summed E-state index contributed by atoms with van der Waals surface area (Å²) in [4.78, 5) is 14.7. The molecule has 1 N–H and O–H groups in total. The Kier molecular flexibility index (Phi) is 4.94. The van der Waals surface area contributed by atoms with Gasteiger partial charge in [0.25, 0.3) is 0 Å². The molecule has 2 aromatic carbocycles. The molecule has 6 heteroatoms. The quantitative estimate of drug-likeness (QED) is 0.416. The van der Waals surface area contributed by atoms with Crippen molar-refractivity contribution in [2.75, 3.05) is 0 Å². The summed E-state index contributed by atoms with van der Waals surface area (Å²) >= 11 is 1.67. The van der Waals surface area contributed by atoms with E-state index in [0.717, 1.165) is 39.8 Å². The number of hydrogen-bond donors (Lipinski definition) is 1. The second-order valence-electron chi connectivity index (χ2n) is 8.05. The van der Waals surface area contributed by atoms with Gasteiger partial charge in [-0.1, -0.05) is 24.3 Å². The van der Waals surface area contributed by atoms with Crippen molar-refractivity contribution >= 4 is 17.4 Å². The molecule has 156 valence electrons. The van der Waals surface area contributed by atoms with Gasteiger partial charge in [0.05, 0.1) is 30.0 Å².